The molecule has 3 aliphatic rings. The normalized spacial score (nSPS) is 30.9. The zero-order chi connectivity index (χ0) is 13.0. The van der Waals surface area contributed by atoms with Crippen molar-refractivity contribution in [2.75, 3.05) is 13.1 Å². The van der Waals surface area contributed by atoms with Gasteiger partial charge >= 0.3 is 0 Å². The second-order valence-electron chi connectivity index (χ2n) is 6.33. The molecule has 0 radical (unpaired) electrons. The monoisotopic (exact) mass is 258 g/mol. The molecule has 0 aromatic carbocycles. The predicted molar refractivity (Wildman–Crippen MR) is 63.1 cm³/mol. The lowest BCUT2D eigenvalue weighted by Crippen LogP contribution is -2.70. The van der Waals surface area contributed by atoms with Crippen molar-refractivity contribution >= 4 is 5.91 Å². The van der Waals surface area contributed by atoms with Crippen LogP contribution < -0.4 is 5.73 Å². The molecule has 2 saturated carbocycles. The fraction of sp³-hybridized carbons (Fsp3) is 0.923. The summed E-state index contributed by atoms with van der Waals surface area (Å²) in [5.41, 5.74) is 6.02. The average Bonchev–Trinajstić information content (AvgIpc) is 3.08. The van der Waals surface area contributed by atoms with Crippen LogP contribution in [0.5, 0.6) is 0 Å². The second-order valence-corrected chi connectivity index (χ2v) is 6.33. The summed E-state index contributed by atoms with van der Waals surface area (Å²) in [4.78, 5) is 13.9. The van der Waals surface area contributed by atoms with E-state index in [1.165, 1.54) is 12.8 Å². The van der Waals surface area contributed by atoms with Gasteiger partial charge in [-0.25, -0.2) is 8.78 Å². The molecular weight excluding hydrogens is 238 g/mol. The number of alkyl halides is 2. The SMILES string of the molecule is NC1(C2CC2)CN(C(=O)C2CCC(F)(F)CC2)C1. The van der Waals surface area contributed by atoms with Gasteiger partial charge in [0.05, 0.1) is 5.54 Å². The van der Waals surface area contributed by atoms with Crippen molar-refractivity contribution < 1.29 is 13.6 Å². The minimum Gasteiger partial charge on any atom is -0.339 e. The second kappa shape index (κ2) is 3.89. The molecule has 0 spiro atoms. The Bertz CT molecular complexity index is 352. The van der Waals surface area contributed by atoms with E-state index in [2.05, 4.69) is 0 Å². The maximum absolute atomic E-state index is 13.0. The molecule has 2 N–H and O–H groups in total. The smallest absolute Gasteiger partial charge is 0.248 e. The molecule has 0 unspecified atom stereocenters. The number of hydrogen-bond donors (Lipinski definition) is 1. The maximum Gasteiger partial charge on any atom is 0.248 e. The molecule has 1 aliphatic heterocycles. The van der Waals surface area contributed by atoms with Crippen LogP contribution in [0.2, 0.25) is 0 Å². The van der Waals surface area contributed by atoms with E-state index in [9.17, 15) is 13.6 Å². The van der Waals surface area contributed by atoms with E-state index in [1.54, 1.807) is 4.90 Å². The van der Waals surface area contributed by atoms with Crippen LogP contribution in [0.1, 0.15) is 38.5 Å². The van der Waals surface area contributed by atoms with Gasteiger partial charge in [0.1, 0.15) is 0 Å². The lowest BCUT2D eigenvalue weighted by atomic mass is 9.81. The minimum absolute atomic E-state index is 0.0484. The number of nitrogens with two attached hydrogens (primary N) is 1. The molecule has 1 amide bonds. The molecule has 102 valence electrons. The third-order valence-corrected chi connectivity index (χ3v) is 4.74. The summed E-state index contributed by atoms with van der Waals surface area (Å²) < 4.78 is 26.1. The van der Waals surface area contributed by atoms with Crippen molar-refractivity contribution in [1.82, 2.24) is 4.90 Å². The van der Waals surface area contributed by atoms with Crippen molar-refractivity contribution in [3.8, 4) is 0 Å². The first kappa shape index (κ1) is 12.3. The number of carbonyl (C=O) groups is 1. The molecule has 3 fully saturated rings. The van der Waals surface area contributed by atoms with Crippen LogP contribution in [0.15, 0.2) is 0 Å². The zero-order valence-corrected chi connectivity index (χ0v) is 10.5. The lowest BCUT2D eigenvalue weighted by Gasteiger charge is -2.49. The van der Waals surface area contributed by atoms with Gasteiger partial charge in [0.15, 0.2) is 0 Å². The highest BCUT2D eigenvalue weighted by molar-refractivity contribution is 5.80. The molecule has 3 nitrogen and oxygen atoms in total. The molecule has 3 rings (SSSR count). The number of amides is 1. The van der Waals surface area contributed by atoms with Gasteiger partial charge in [0.25, 0.3) is 0 Å². The molecule has 1 saturated heterocycles. The molecule has 0 aromatic rings. The van der Waals surface area contributed by atoms with Gasteiger partial charge in [-0.2, -0.15) is 0 Å². The largest absolute Gasteiger partial charge is 0.339 e. The summed E-state index contributed by atoms with van der Waals surface area (Å²) in [6, 6.07) is 0. The molecule has 5 heteroatoms. The Kier molecular flexibility index (Phi) is 2.66. The highest BCUT2D eigenvalue weighted by Crippen LogP contribution is 2.44. The Morgan fingerprint density at radius 3 is 2.17 bits per heavy atom. The van der Waals surface area contributed by atoms with E-state index in [0.717, 1.165) is 0 Å². The third-order valence-electron chi connectivity index (χ3n) is 4.74. The van der Waals surface area contributed by atoms with Crippen LogP contribution >= 0.6 is 0 Å². The summed E-state index contributed by atoms with van der Waals surface area (Å²) in [5, 5.41) is 0. The van der Waals surface area contributed by atoms with Gasteiger partial charge < -0.3 is 10.6 Å². The standard InChI is InChI=1S/C13H20F2N2O/c14-13(15)5-3-9(4-6-13)11(18)17-7-12(16,8-17)10-1-2-10/h9-10H,1-8,16H2. The molecule has 1 heterocycles. The van der Waals surface area contributed by atoms with Crippen molar-refractivity contribution in [3.63, 3.8) is 0 Å². The Labute approximate surface area is 106 Å². The first-order valence-corrected chi connectivity index (χ1v) is 6.85. The molecule has 18 heavy (non-hydrogen) atoms. The Balaban J connectivity index is 1.51. The van der Waals surface area contributed by atoms with Crippen LogP contribution in [-0.4, -0.2) is 35.4 Å². The van der Waals surface area contributed by atoms with Crippen molar-refractivity contribution in [2.24, 2.45) is 17.6 Å². The maximum atomic E-state index is 13.0. The molecule has 0 bridgehead atoms. The Morgan fingerprint density at radius 1 is 1.11 bits per heavy atom. The van der Waals surface area contributed by atoms with E-state index < -0.39 is 5.92 Å². The average molecular weight is 258 g/mol. The highest BCUT2D eigenvalue weighted by atomic mass is 19.3. The van der Waals surface area contributed by atoms with Gasteiger partial charge in [0.2, 0.25) is 11.8 Å². The molecule has 0 atom stereocenters. The van der Waals surface area contributed by atoms with Gasteiger partial charge in [-0.05, 0) is 31.6 Å². The van der Waals surface area contributed by atoms with Crippen molar-refractivity contribution in [3.05, 3.63) is 0 Å². The van der Waals surface area contributed by atoms with E-state index >= 15 is 0 Å². The summed E-state index contributed by atoms with van der Waals surface area (Å²) >= 11 is 0. The van der Waals surface area contributed by atoms with Crippen LogP contribution in [0.25, 0.3) is 0 Å². The number of carbonyl (C=O) groups excluding carboxylic acids is 1. The third kappa shape index (κ3) is 2.13. The first-order chi connectivity index (χ1) is 8.40. The summed E-state index contributed by atoms with van der Waals surface area (Å²) in [6.07, 6.45) is 2.70. The van der Waals surface area contributed by atoms with E-state index in [1.807, 2.05) is 0 Å². The van der Waals surface area contributed by atoms with Crippen LogP contribution in [0.4, 0.5) is 8.78 Å². The molecular formula is C13H20F2N2O. The van der Waals surface area contributed by atoms with E-state index in [0.29, 0.717) is 31.8 Å². The highest BCUT2D eigenvalue weighted by Gasteiger charge is 2.52. The quantitative estimate of drug-likeness (QED) is 0.820. The lowest BCUT2D eigenvalue weighted by molar-refractivity contribution is -0.147. The Morgan fingerprint density at radius 2 is 1.67 bits per heavy atom. The molecule has 0 aromatic heterocycles. The number of nitrogens with zero attached hydrogens (tertiary/aromatic N) is 1. The minimum atomic E-state index is -2.56. The fourth-order valence-corrected chi connectivity index (χ4v) is 3.28. The number of halogens is 2. The van der Waals surface area contributed by atoms with E-state index in [4.69, 9.17) is 5.73 Å². The number of hydrogen-bond acceptors (Lipinski definition) is 2. The first-order valence-electron chi connectivity index (χ1n) is 6.85. The summed E-state index contributed by atoms with van der Waals surface area (Å²) in [7, 11) is 0. The topological polar surface area (TPSA) is 46.3 Å². The predicted octanol–water partition coefficient (Wildman–Crippen LogP) is 1.76. The number of rotatable bonds is 2. The summed E-state index contributed by atoms with van der Waals surface area (Å²) in [6.45, 7) is 1.26. The summed E-state index contributed by atoms with van der Waals surface area (Å²) in [5.74, 6) is -2.13. The Hall–Kier alpha value is -0.710. The van der Waals surface area contributed by atoms with Crippen LogP contribution in [-0.2, 0) is 4.79 Å². The van der Waals surface area contributed by atoms with Crippen molar-refractivity contribution in [1.29, 1.82) is 0 Å². The van der Waals surface area contributed by atoms with Gasteiger partial charge in [-0.15, -0.1) is 0 Å². The number of likely N-dealkylation sites (tertiary alicyclic amines) is 1. The van der Waals surface area contributed by atoms with Crippen LogP contribution in [0, 0.1) is 11.8 Å². The fourth-order valence-electron chi connectivity index (χ4n) is 3.28. The van der Waals surface area contributed by atoms with Gasteiger partial charge in [-0.1, -0.05) is 0 Å². The molecule has 2 aliphatic carbocycles. The zero-order valence-electron chi connectivity index (χ0n) is 10.5. The van der Waals surface area contributed by atoms with Gasteiger partial charge in [0, 0.05) is 31.8 Å². The van der Waals surface area contributed by atoms with Crippen LogP contribution in [0.3, 0.4) is 0 Å². The van der Waals surface area contributed by atoms with Crippen molar-refractivity contribution in [2.45, 2.75) is 50.0 Å². The van der Waals surface area contributed by atoms with Gasteiger partial charge in [-0.3, -0.25) is 4.79 Å². The van der Waals surface area contributed by atoms with E-state index in [-0.39, 0.29) is 30.2 Å².